The lowest BCUT2D eigenvalue weighted by molar-refractivity contribution is 0.0588. The number of benzene rings is 2. The standard InChI is InChI=1S/C29H35N3O/c33-29(24-13-6-2-7-14-24)32(27-16-8-3-9-17-27)20-25-19-31(21-26-15-10-18-30-26)22-28(25)23-11-4-1-5-12-23/h1-2,4-7,10-15,18,25,27-28,30H,3,8-9,16-17,19-22H2/t25-,28-/m0/s1. The van der Waals surface area contributed by atoms with Crippen LogP contribution in [0.2, 0.25) is 0 Å². The van der Waals surface area contributed by atoms with Crippen LogP contribution in [0.3, 0.4) is 0 Å². The third kappa shape index (κ3) is 5.22. The van der Waals surface area contributed by atoms with Crippen molar-refractivity contribution in [2.75, 3.05) is 19.6 Å². The van der Waals surface area contributed by atoms with Crippen molar-refractivity contribution in [3.05, 3.63) is 95.8 Å². The smallest absolute Gasteiger partial charge is 0.254 e. The fourth-order valence-corrected chi connectivity index (χ4v) is 5.85. The highest BCUT2D eigenvalue weighted by Gasteiger charge is 2.37. The van der Waals surface area contributed by atoms with Gasteiger partial charge in [0.15, 0.2) is 0 Å². The van der Waals surface area contributed by atoms with Crippen molar-refractivity contribution in [2.45, 2.75) is 50.6 Å². The van der Waals surface area contributed by atoms with Gasteiger partial charge < -0.3 is 9.88 Å². The highest BCUT2D eigenvalue weighted by Crippen LogP contribution is 2.36. The van der Waals surface area contributed by atoms with Crippen molar-refractivity contribution in [3.8, 4) is 0 Å². The van der Waals surface area contributed by atoms with Crippen molar-refractivity contribution >= 4 is 5.91 Å². The number of carbonyl (C=O) groups excluding carboxylic acids is 1. The van der Waals surface area contributed by atoms with Crippen LogP contribution >= 0.6 is 0 Å². The largest absolute Gasteiger partial charge is 0.364 e. The molecule has 0 bridgehead atoms. The summed E-state index contributed by atoms with van der Waals surface area (Å²) in [6, 6.07) is 25.4. The molecule has 0 radical (unpaired) electrons. The number of amides is 1. The fraction of sp³-hybridized carbons (Fsp3) is 0.414. The van der Waals surface area contributed by atoms with Gasteiger partial charge in [-0.2, -0.15) is 0 Å². The Bertz CT molecular complexity index is 996. The summed E-state index contributed by atoms with van der Waals surface area (Å²) >= 11 is 0. The lowest BCUT2D eigenvalue weighted by Gasteiger charge is -2.37. The van der Waals surface area contributed by atoms with Crippen LogP contribution in [-0.4, -0.2) is 46.4 Å². The van der Waals surface area contributed by atoms with Crippen LogP contribution < -0.4 is 0 Å². The van der Waals surface area contributed by atoms with Gasteiger partial charge in [0.1, 0.15) is 0 Å². The van der Waals surface area contributed by atoms with Crippen LogP contribution in [0.25, 0.3) is 0 Å². The van der Waals surface area contributed by atoms with Gasteiger partial charge in [0, 0.05) is 55.6 Å². The average molecular weight is 442 g/mol. The first-order valence-corrected chi connectivity index (χ1v) is 12.5. The molecule has 4 heteroatoms. The molecule has 2 aliphatic rings. The number of nitrogens with zero attached hydrogens (tertiary/aromatic N) is 2. The minimum Gasteiger partial charge on any atom is -0.364 e. The number of hydrogen-bond donors (Lipinski definition) is 1. The van der Waals surface area contributed by atoms with Crippen LogP contribution in [0.15, 0.2) is 79.0 Å². The fourth-order valence-electron chi connectivity index (χ4n) is 5.85. The van der Waals surface area contributed by atoms with E-state index in [9.17, 15) is 4.79 Å². The SMILES string of the molecule is O=C(c1ccccc1)N(C[C@@H]1CN(Cc2ccc[nH]2)C[C@H]1c1ccccc1)C1CCCCC1. The zero-order valence-electron chi connectivity index (χ0n) is 19.4. The minimum atomic E-state index is 0.206. The highest BCUT2D eigenvalue weighted by atomic mass is 16.2. The summed E-state index contributed by atoms with van der Waals surface area (Å²) in [5.74, 6) is 1.07. The van der Waals surface area contributed by atoms with E-state index in [0.717, 1.165) is 44.6 Å². The number of aromatic nitrogens is 1. The lowest BCUT2D eigenvalue weighted by Crippen LogP contribution is -2.45. The first kappa shape index (κ1) is 22.0. The van der Waals surface area contributed by atoms with Crippen LogP contribution in [0.1, 0.15) is 59.6 Å². The summed E-state index contributed by atoms with van der Waals surface area (Å²) in [6.07, 6.45) is 8.02. The Labute approximate surface area is 197 Å². The van der Waals surface area contributed by atoms with E-state index in [1.54, 1.807) is 0 Å². The summed E-state index contributed by atoms with van der Waals surface area (Å²) in [7, 11) is 0. The van der Waals surface area contributed by atoms with E-state index in [1.807, 2.05) is 36.5 Å². The second-order valence-corrected chi connectivity index (χ2v) is 9.78. The Morgan fingerprint density at radius 1 is 0.879 bits per heavy atom. The molecule has 5 rings (SSSR count). The van der Waals surface area contributed by atoms with Crippen molar-refractivity contribution in [1.82, 2.24) is 14.8 Å². The number of nitrogens with one attached hydrogen (secondary N) is 1. The van der Waals surface area contributed by atoms with Gasteiger partial charge in [-0.05, 0) is 48.6 Å². The molecule has 2 heterocycles. The third-order valence-electron chi connectivity index (χ3n) is 7.53. The molecule has 3 aromatic rings. The van der Waals surface area contributed by atoms with Gasteiger partial charge in [-0.1, -0.05) is 67.8 Å². The van der Waals surface area contributed by atoms with E-state index in [-0.39, 0.29) is 5.91 Å². The number of hydrogen-bond acceptors (Lipinski definition) is 2. The molecule has 2 aromatic carbocycles. The van der Waals surface area contributed by atoms with E-state index < -0.39 is 0 Å². The Balaban J connectivity index is 1.40. The summed E-state index contributed by atoms with van der Waals surface area (Å²) in [6.45, 7) is 3.82. The average Bonchev–Trinajstić information content (AvgIpc) is 3.54. The number of carbonyl (C=O) groups is 1. The first-order chi connectivity index (χ1) is 16.3. The van der Waals surface area contributed by atoms with Gasteiger partial charge in [-0.25, -0.2) is 0 Å². The number of rotatable bonds is 7. The van der Waals surface area contributed by atoms with Gasteiger partial charge in [-0.3, -0.25) is 9.69 Å². The van der Waals surface area contributed by atoms with Gasteiger partial charge in [0.25, 0.3) is 5.91 Å². The van der Waals surface area contributed by atoms with E-state index in [1.165, 1.54) is 30.5 Å². The second-order valence-electron chi connectivity index (χ2n) is 9.78. The van der Waals surface area contributed by atoms with Crippen LogP contribution in [0.5, 0.6) is 0 Å². The predicted molar refractivity (Wildman–Crippen MR) is 133 cm³/mol. The molecule has 1 saturated carbocycles. The highest BCUT2D eigenvalue weighted by molar-refractivity contribution is 5.94. The van der Waals surface area contributed by atoms with Gasteiger partial charge in [-0.15, -0.1) is 0 Å². The molecule has 0 spiro atoms. The Kier molecular flexibility index (Phi) is 6.92. The van der Waals surface area contributed by atoms with E-state index in [2.05, 4.69) is 57.2 Å². The molecule has 4 nitrogen and oxygen atoms in total. The van der Waals surface area contributed by atoms with Gasteiger partial charge >= 0.3 is 0 Å². The normalized spacial score (nSPS) is 21.8. The minimum absolute atomic E-state index is 0.206. The molecule has 2 atom stereocenters. The van der Waals surface area contributed by atoms with E-state index in [0.29, 0.717) is 17.9 Å². The van der Waals surface area contributed by atoms with Crippen molar-refractivity contribution in [2.24, 2.45) is 5.92 Å². The molecule has 1 aliphatic carbocycles. The molecular formula is C29H35N3O. The molecule has 172 valence electrons. The maximum Gasteiger partial charge on any atom is 0.254 e. The van der Waals surface area contributed by atoms with Gasteiger partial charge in [0.2, 0.25) is 0 Å². The maximum atomic E-state index is 13.7. The van der Waals surface area contributed by atoms with Gasteiger partial charge in [0.05, 0.1) is 0 Å². The van der Waals surface area contributed by atoms with Crippen molar-refractivity contribution < 1.29 is 4.79 Å². The molecule has 1 saturated heterocycles. The predicted octanol–water partition coefficient (Wildman–Crippen LogP) is 5.71. The van der Waals surface area contributed by atoms with Crippen LogP contribution in [0.4, 0.5) is 0 Å². The lowest BCUT2D eigenvalue weighted by atomic mass is 9.87. The Morgan fingerprint density at radius 2 is 1.61 bits per heavy atom. The molecule has 1 aliphatic heterocycles. The van der Waals surface area contributed by atoms with Crippen LogP contribution in [0, 0.1) is 5.92 Å². The summed E-state index contributed by atoms with van der Waals surface area (Å²) in [5.41, 5.74) is 3.47. The first-order valence-electron chi connectivity index (χ1n) is 12.5. The number of H-pyrrole nitrogens is 1. The van der Waals surface area contributed by atoms with E-state index >= 15 is 0 Å². The summed E-state index contributed by atoms with van der Waals surface area (Å²) < 4.78 is 0. The maximum absolute atomic E-state index is 13.7. The Morgan fingerprint density at radius 3 is 2.30 bits per heavy atom. The quantitative estimate of drug-likeness (QED) is 0.510. The topological polar surface area (TPSA) is 39.3 Å². The van der Waals surface area contributed by atoms with Crippen molar-refractivity contribution in [1.29, 1.82) is 0 Å². The zero-order chi connectivity index (χ0) is 22.5. The Hall–Kier alpha value is -2.85. The molecule has 0 unspecified atom stereocenters. The molecule has 1 amide bonds. The summed E-state index contributed by atoms with van der Waals surface area (Å²) in [5, 5.41) is 0. The third-order valence-corrected chi connectivity index (χ3v) is 7.53. The summed E-state index contributed by atoms with van der Waals surface area (Å²) in [4.78, 5) is 21.9. The van der Waals surface area contributed by atoms with E-state index in [4.69, 9.17) is 0 Å². The molecule has 33 heavy (non-hydrogen) atoms. The molecule has 1 N–H and O–H groups in total. The second kappa shape index (κ2) is 10.4. The number of likely N-dealkylation sites (tertiary alicyclic amines) is 1. The zero-order valence-corrected chi connectivity index (χ0v) is 19.4. The number of aromatic amines is 1. The molecule has 2 fully saturated rings. The molecule has 1 aromatic heterocycles. The van der Waals surface area contributed by atoms with Crippen LogP contribution in [-0.2, 0) is 6.54 Å². The molecular weight excluding hydrogens is 406 g/mol. The monoisotopic (exact) mass is 441 g/mol. The van der Waals surface area contributed by atoms with Crippen molar-refractivity contribution in [3.63, 3.8) is 0 Å².